The fourth-order valence-corrected chi connectivity index (χ4v) is 4.49. The van der Waals surface area contributed by atoms with E-state index < -0.39 is 0 Å². The van der Waals surface area contributed by atoms with E-state index in [9.17, 15) is 0 Å². The number of hydrogen-bond acceptors (Lipinski definition) is 4. The number of rotatable bonds is 2. The third-order valence-electron chi connectivity index (χ3n) is 2.53. The van der Waals surface area contributed by atoms with Gasteiger partial charge in [0.05, 0.1) is 12.6 Å². The summed E-state index contributed by atoms with van der Waals surface area (Å²) in [6, 6.07) is 0.119. The normalized spacial score (nSPS) is 30.4. The van der Waals surface area contributed by atoms with Crippen LogP contribution in [-0.2, 0) is 4.74 Å². The van der Waals surface area contributed by atoms with Crippen LogP contribution >= 0.6 is 23.5 Å². The first-order valence-electron chi connectivity index (χ1n) is 5.16. The molecule has 0 amide bonds. The molecule has 2 aliphatic rings. The Morgan fingerprint density at radius 2 is 2.43 bits per heavy atom. The Morgan fingerprint density at radius 3 is 3.07 bits per heavy atom. The highest BCUT2D eigenvalue weighted by atomic mass is 32.2. The summed E-state index contributed by atoms with van der Waals surface area (Å²) in [6.07, 6.45) is 4.45. The molecular weight excluding hydrogens is 214 g/mol. The van der Waals surface area contributed by atoms with Crippen molar-refractivity contribution in [1.82, 2.24) is 0 Å². The maximum atomic E-state index is 6.20. The second-order valence-electron chi connectivity index (χ2n) is 3.61. The molecule has 0 saturated carbocycles. The van der Waals surface area contributed by atoms with E-state index in [0.29, 0.717) is 5.25 Å². The van der Waals surface area contributed by atoms with Gasteiger partial charge in [0, 0.05) is 22.5 Å². The second-order valence-corrected chi connectivity index (χ2v) is 6.10. The molecule has 0 aromatic carbocycles. The molecule has 2 heterocycles. The van der Waals surface area contributed by atoms with Crippen molar-refractivity contribution in [3.8, 4) is 0 Å². The molecule has 1 saturated heterocycles. The van der Waals surface area contributed by atoms with Crippen LogP contribution in [0.25, 0.3) is 0 Å². The monoisotopic (exact) mass is 231 g/mol. The zero-order chi connectivity index (χ0) is 9.80. The Bertz CT molecular complexity index is 214. The summed E-state index contributed by atoms with van der Waals surface area (Å²) >= 11 is 4.01. The van der Waals surface area contributed by atoms with E-state index in [2.05, 4.69) is 6.08 Å². The highest BCUT2D eigenvalue weighted by Gasteiger charge is 2.26. The molecule has 14 heavy (non-hydrogen) atoms. The van der Waals surface area contributed by atoms with Crippen LogP contribution in [-0.4, -0.2) is 35.2 Å². The third kappa shape index (κ3) is 2.61. The summed E-state index contributed by atoms with van der Waals surface area (Å²) in [5.41, 5.74) is 6.20. The molecule has 0 aromatic heterocycles. The lowest BCUT2D eigenvalue weighted by molar-refractivity contribution is 0.175. The van der Waals surface area contributed by atoms with Crippen LogP contribution in [0.4, 0.5) is 0 Å². The van der Waals surface area contributed by atoms with Gasteiger partial charge >= 0.3 is 0 Å². The van der Waals surface area contributed by atoms with Gasteiger partial charge in [0.25, 0.3) is 0 Å². The zero-order valence-electron chi connectivity index (χ0n) is 8.28. The molecule has 0 spiro atoms. The van der Waals surface area contributed by atoms with E-state index in [1.165, 1.54) is 17.3 Å². The lowest BCUT2D eigenvalue weighted by Gasteiger charge is -2.29. The minimum absolute atomic E-state index is 0.119. The molecule has 0 aliphatic carbocycles. The van der Waals surface area contributed by atoms with Gasteiger partial charge in [-0.15, -0.1) is 0 Å². The van der Waals surface area contributed by atoms with Crippen molar-refractivity contribution < 1.29 is 4.74 Å². The number of ether oxygens (including phenoxy) is 1. The Kier molecular flexibility index (Phi) is 4.08. The number of thioether (sulfide) groups is 2. The summed E-state index contributed by atoms with van der Waals surface area (Å²) in [7, 11) is 0. The average Bonchev–Trinajstić information content (AvgIpc) is 2.30. The Hall–Kier alpha value is 0.200. The third-order valence-corrected chi connectivity index (χ3v) is 5.42. The second kappa shape index (κ2) is 5.33. The molecule has 2 N–H and O–H groups in total. The molecule has 1 fully saturated rings. The fourth-order valence-electron chi connectivity index (χ4n) is 1.71. The predicted octanol–water partition coefficient (Wildman–Crippen LogP) is 1.86. The van der Waals surface area contributed by atoms with Crippen molar-refractivity contribution in [2.24, 2.45) is 5.73 Å². The van der Waals surface area contributed by atoms with E-state index in [-0.39, 0.29) is 6.04 Å². The molecular formula is C10H17NOS2. The SMILES string of the molecule is NC(C1=CCCCO1)C1CSCCS1. The van der Waals surface area contributed by atoms with Crippen molar-refractivity contribution in [2.75, 3.05) is 23.9 Å². The maximum Gasteiger partial charge on any atom is 0.110 e. The van der Waals surface area contributed by atoms with E-state index in [1.807, 2.05) is 23.5 Å². The molecule has 2 aliphatic heterocycles. The smallest absolute Gasteiger partial charge is 0.110 e. The van der Waals surface area contributed by atoms with E-state index in [0.717, 1.165) is 25.2 Å². The standard InChI is InChI=1S/C10H17NOS2/c11-10(8-3-1-2-4-12-8)9-7-13-5-6-14-9/h3,9-10H,1-2,4-7,11H2. The summed E-state index contributed by atoms with van der Waals surface area (Å²) in [4.78, 5) is 0. The van der Waals surface area contributed by atoms with Crippen molar-refractivity contribution >= 4 is 23.5 Å². The van der Waals surface area contributed by atoms with E-state index in [4.69, 9.17) is 10.5 Å². The molecule has 2 nitrogen and oxygen atoms in total. The number of nitrogens with two attached hydrogens (primary N) is 1. The molecule has 0 radical (unpaired) electrons. The van der Waals surface area contributed by atoms with Crippen LogP contribution in [0, 0.1) is 0 Å². The average molecular weight is 231 g/mol. The first kappa shape index (κ1) is 10.7. The zero-order valence-corrected chi connectivity index (χ0v) is 9.91. The van der Waals surface area contributed by atoms with Gasteiger partial charge in [-0.05, 0) is 18.9 Å². The van der Waals surface area contributed by atoms with Crippen molar-refractivity contribution in [3.05, 3.63) is 11.8 Å². The van der Waals surface area contributed by atoms with Crippen LogP contribution in [0.15, 0.2) is 11.8 Å². The molecule has 80 valence electrons. The predicted molar refractivity (Wildman–Crippen MR) is 64.8 cm³/mol. The lowest BCUT2D eigenvalue weighted by atomic mass is 10.1. The van der Waals surface area contributed by atoms with Gasteiger partial charge in [-0.3, -0.25) is 0 Å². The minimum Gasteiger partial charge on any atom is -0.497 e. The van der Waals surface area contributed by atoms with Crippen LogP contribution in [0.1, 0.15) is 12.8 Å². The lowest BCUT2D eigenvalue weighted by Crippen LogP contribution is -2.39. The molecule has 2 atom stereocenters. The molecule has 2 unspecified atom stereocenters. The summed E-state index contributed by atoms with van der Waals surface area (Å²) in [5.74, 6) is 4.72. The minimum atomic E-state index is 0.119. The summed E-state index contributed by atoms with van der Waals surface area (Å²) in [5, 5.41) is 0.554. The largest absolute Gasteiger partial charge is 0.497 e. The van der Waals surface area contributed by atoms with Gasteiger partial charge in [-0.1, -0.05) is 0 Å². The van der Waals surface area contributed by atoms with Crippen LogP contribution < -0.4 is 5.73 Å². The Labute approximate surface area is 94.0 Å². The molecule has 0 aromatic rings. The maximum absolute atomic E-state index is 6.20. The highest BCUT2D eigenvalue weighted by molar-refractivity contribution is 8.06. The van der Waals surface area contributed by atoms with Gasteiger partial charge in [-0.2, -0.15) is 23.5 Å². The Balaban J connectivity index is 1.91. The van der Waals surface area contributed by atoms with Crippen LogP contribution in [0.3, 0.4) is 0 Å². The van der Waals surface area contributed by atoms with Gasteiger partial charge in [0.15, 0.2) is 0 Å². The fraction of sp³-hybridized carbons (Fsp3) is 0.800. The number of hydrogen-bond donors (Lipinski definition) is 1. The summed E-state index contributed by atoms with van der Waals surface area (Å²) < 4.78 is 5.61. The van der Waals surface area contributed by atoms with Crippen LogP contribution in [0.2, 0.25) is 0 Å². The van der Waals surface area contributed by atoms with Crippen LogP contribution in [0.5, 0.6) is 0 Å². The van der Waals surface area contributed by atoms with Crippen molar-refractivity contribution in [2.45, 2.75) is 24.1 Å². The first-order chi connectivity index (χ1) is 6.88. The molecule has 2 rings (SSSR count). The van der Waals surface area contributed by atoms with Gasteiger partial charge < -0.3 is 10.5 Å². The van der Waals surface area contributed by atoms with Gasteiger partial charge in [0.2, 0.25) is 0 Å². The molecule has 4 heteroatoms. The van der Waals surface area contributed by atoms with Gasteiger partial charge in [0.1, 0.15) is 5.76 Å². The molecule has 0 bridgehead atoms. The Morgan fingerprint density at radius 1 is 1.50 bits per heavy atom. The van der Waals surface area contributed by atoms with Crippen molar-refractivity contribution in [1.29, 1.82) is 0 Å². The topological polar surface area (TPSA) is 35.2 Å². The quantitative estimate of drug-likeness (QED) is 0.787. The van der Waals surface area contributed by atoms with E-state index in [1.54, 1.807) is 0 Å². The first-order valence-corrected chi connectivity index (χ1v) is 7.36. The number of allylic oxidation sites excluding steroid dienone is 1. The summed E-state index contributed by atoms with van der Waals surface area (Å²) in [6.45, 7) is 0.851. The van der Waals surface area contributed by atoms with Gasteiger partial charge in [-0.25, -0.2) is 0 Å². The highest BCUT2D eigenvalue weighted by Crippen LogP contribution is 2.29. The van der Waals surface area contributed by atoms with E-state index >= 15 is 0 Å². The van der Waals surface area contributed by atoms with Crippen molar-refractivity contribution in [3.63, 3.8) is 0 Å².